The van der Waals surface area contributed by atoms with E-state index in [1.165, 1.54) is 6.42 Å². The molecule has 0 radical (unpaired) electrons. The molecule has 19 heavy (non-hydrogen) atoms. The number of urea groups is 1. The lowest BCUT2D eigenvalue weighted by atomic mass is 10.2. The number of aliphatic carboxylic acids is 1. The van der Waals surface area contributed by atoms with Gasteiger partial charge in [0.1, 0.15) is 0 Å². The van der Waals surface area contributed by atoms with Crippen LogP contribution in [0, 0.1) is 0 Å². The molecule has 1 atom stereocenters. The average Bonchev–Trinajstić information content (AvgIpc) is 2.76. The quantitative estimate of drug-likeness (QED) is 0.576. The molecular weight excluding hydrogens is 246 g/mol. The van der Waals surface area contributed by atoms with Crippen LogP contribution in [0.5, 0.6) is 0 Å². The standard InChI is InChI=1S/C13H25N3O3/c1-16-9-5-6-11(16)10-15-13(19)14-8-4-2-3-7-12(17)18/h11H,2-10H2,1H3,(H,17,18)(H2,14,15,19). The lowest BCUT2D eigenvalue weighted by Crippen LogP contribution is -2.43. The van der Waals surface area contributed by atoms with Crippen LogP contribution in [0.3, 0.4) is 0 Å². The number of amides is 2. The average molecular weight is 271 g/mol. The zero-order valence-electron chi connectivity index (χ0n) is 11.7. The van der Waals surface area contributed by atoms with Crippen molar-refractivity contribution in [2.75, 3.05) is 26.7 Å². The minimum absolute atomic E-state index is 0.126. The van der Waals surface area contributed by atoms with Gasteiger partial charge >= 0.3 is 12.0 Å². The fourth-order valence-corrected chi connectivity index (χ4v) is 2.29. The van der Waals surface area contributed by atoms with Gasteiger partial charge in [-0.3, -0.25) is 4.79 Å². The van der Waals surface area contributed by atoms with Crippen molar-refractivity contribution < 1.29 is 14.7 Å². The molecule has 0 aromatic heterocycles. The van der Waals surface area contributed by atoms with Crippen LogP contribution in [0.4, 0.5) is 4.79 Å². The van der Waals surface area contributed by atoms with E-state index in [0.717, 1.165) is 25.8 Å². The Morgan fingerprint density at radius 1 is 1.26 bits per heavy atom. The van der Waals surface area contributed by atoms with Gasteiger partial charge in [0.2, 0.25) is 0 Å². The molecule has 0 spiro atoms. The molecule has 1 saturated heterocycles. The number of nitrogens with zero attached hydrogens (tertiary/aromatic N) is 1. The van der Waals surface area contributed by atoms with Crippen LogP contribution in [-0.4, -0.2) is 54.7 Å². The van der Waals surface area contributed by atoms with E-state index in [0.29, 0.717) is 25.6 Å². The Kier molecular flexibility index (Phi) is 7.25. The molecule has 0 bridgehead atoms. The maximum Gasteiger partial charge on any atom is 0.314 e. The second-order valence-corrected chi connectivity index (χ2v) is 5.12. The second-order valence-electron chi connectivity index (χ2n) is 5.12. The molecule has 0 aromatic carbocycles. The lowest BCUT2D eigenvalue weighted by molar-refractivity contribution is -0.137. The summed E-state index contributed by atoms with van der Waals surface area (Å²) in [6.45, 7) is 2.41. The van der Waals surface area contributed by atoms with Crippen LogP contribution >= 0.6 is 0 Å². The molecule has 0 saturated carbocycles. The summed E-state index contributed by atoms with van der Waals surface area (Å²) < 4.78 is 0. The SMILES string of the molecule is CN1CCCC1CNC(=O)NCCCCCC(=O)O. The van der Waals surface area contributed by atoms with E-state index in [1.807, 2.05) is 0 Å². The predicted molar refractivity (Wildman–Crippen MR) is 73.2 cm³/mol. The summed E-state index contributed by atoms with van der Waals surface area (Å²) in [4.78, 5) is 24.1. The Hall–Kier alpha value is -1.30. The molecule has 3 N–H and O–H groups in total. The van der Waals surface area contributed by atoms with Crippen molar-refractivity contribution in [1.29, 1.82) is 0 Å². The van der Waals surface area contributed by atoms with Gasteiger partial charge in [-0.15, -0.1) is 0 Å². The van der Waals surface area contributed by atoms with E-state index in [9.17, 15) is 9.59 Å². The molecule has 2 amide bonds. The van der Waals surface area contributed by atoms with E-state index in [4.69, 9.17) is 5.11 Å². The highest BCUT2D eigenvalue weighted by molar-refractivity contribution is 5.73. The number of rotatable bonds is 8. The third-order valence-corrected chi connectivity index (χ3v) is 3.52. The molecule has 1 heterocycles. The Balaban J connectivity index is 1.94. The van der Waals surface area contributed by atoms with Gasteiger partial charge in [-0.05, 0) is 39.3 Å². The van der Waals surface area contributed by atoms with Crippen molar-refractivity contribution in [1.82, 2.24) is 15.5 Å². The molecule has 6 heteroatoms. The lowest BCUT2D eigenvalue weighted by Gasteiger charge is -2.19. The van der Waals surface area contributed by atoms with Crippen LogP contribution in [0.1, 0.15) is 38.5 Å². The van der Waals surface area contributed by atoms with Crippen LogP contribution in [-0.2, 0) is 4.79 Å². The van der Waals surface area contributed by atoms with Gasteiger partial charge in [0, 0.05) is 25.6 Å². The molecule has 1 aliphatic heterocycles. The molecular formula is C13H25N3O3. The van der Waals surface area contributed by atoms with E-state index < -0.39 is 5.97 Å². The zero-order chi connectivity index (χ0) is 14.1. The molecule has 6 nitrogen and oxygen atoms in total. The summed E-state index contributed by atoms with van der Waals surface area (Å²) >= 11 is 0. The van der Waals surface area contributed by atoms with Crippen molar-refractivity contribution in [3.8, 4) is 0 Å². The van der Waals surface area contributed by atoms with E-state index in [2.05, 4.69) is 22.6 Å². The van der Waals surface area contributed by atoms with Crippen molar-refractivity contribution in [3.05, 3.63) is 0 Å². The van der Waals surface area contributed by atoms with Crippen molar-refractivity contribution in [2.24, 2.45) is 0 Å². The maximum atomic E-state index is 11.5. The van der Waals surface area contributed by atoms with Gasteiger partial charge < -0.3 is 20.6 Å². The number of carboxylic acids is 1. The third-order valence-electron chi connectivity index (χ3n) is 3.52. The van der Waals surface area contributed by atoms with Gasteiger partial charge in [0.05, 0.1) is 0 Å². The van der Waals surface area contributed by atoms with Crippen LogP contribution in [0.2, 0.25) is 0 Å². The molecule has 1 rings (SSSR count). The summed E-state index contributed by atoms with van der Waals surface area (Å²) in [5, 5.41) is 14.1. The summed E-state index contributed by atoms with van der Waals surface area (Å²) in [7, 11) is 2.08. The zero-order valence-corrected chi connectivity index (χ0v) is 11.7. The minimum atomic E-state index is -0.758. The number of hydrogen-bond acceptors (Lipinski definition) is 3. The number of carbonyl (C=O) groups is 2. The fraction of sp³-hybridized carbons (Fsp3) is 0.846. The number of likely N-dealkylation sites (N-methyl/N-ethyl adjacent to an activating group) is 1. The first-order valence-corrected chi connectivity index (χ1v) is 7.03. The highest BCUT2D eigenvalue weighted by Crippen LogP contribution is 2.13. The van der Waals surface area contributed by atoms with Gasteiger partial charge in [-0.25, -0.2) is 4.79 Å². The van der Waals surface area contributed by atoms with Gasteiger partial charge in [-0.1, -0.05) is 6.42 Å². The first kappa shape index (κ1) is 15.8. The number of likely N-dealkylation sites (tertiary alicyclic amines) is 1. The summed E-state index contributed by atoms with van der Waals surface area (Å²) in [6, 6.07) is 0.333. The molecule has 0 aromatic rings. The van der Waals surface area contributed by atoms with E-state index in [1.54, 1.807) is 0 Å². The summed E-state index contributed by atoms with van der Waals surface area (Å²) in [6.07, 6.45) is 4.88. The van der Waals surface area contributed by atoms with Gasteiger partial charge in [0.25, 0.3) is 0 Å². The third kappa shape index (κ3) is 7.00. The summed E-state index contributed by atoms with van der Waals surface area (Å²) in [5.74, 6) is -0.758. The monoisotopic (exact) mass is 271 g/mol. The highest BCUT2D eigenvalue weighted by atomic mass is 16.4. The topological polar surface area (TPSA) is 81.7 Å². The number of hydrogen-bond donors (Lipinski definition) is 3. The van der Waals surface area contributed by atoms with Gasteiger partial charge in [0.15, 0.2) is 0 Å². The van der Waals surface area contributed by atoms with Crippen LogP contribution < -0.4 is 10.6 Å². The van der Waals surface area contributed by atoms with Crippen LogP contribution in [0.25, 0.3) is 0 Å². The summed E-state index contributed by atoms with van der Waals surface area (Å²) in [5.41, 5.74) is 0. The molecule has 1 fully saturated rings. The molecule has 0 aliphatic carbocycles. The Labute approximate surface area is 114 Å². The Morgan fingerprint density at radius 3 is 2.68 bits per heavy atom. The van der Waals surface area contributed by atoms with Crippen molar-refractivity contribution in [2.45, 2.75) is 44.6 Å². The number of unbranched alkanes of at least 4 members (excludes halogenated alkanes) is 2. The first-order chi connectivity index (χ1) is 9.09. The second kappa shape index (κ2) is 8.74. The Morgan fingerprint density at radius 2 is 2.05 bits per heavy atom. The number of carboxylic acid groups (broad SMARTS) is 1. The molecule has 1 unspecified atom stereocenters. The van der Waals surface area contributed by atoms with Gasteiger partial charge in [-0.2, -0.15) is 0 Å². The highest BCUT2D eigenvalue weighted by Gasteiger charge is 2.20. The number of nitrogens with one attached hydrogen (secondary N) is 2. The minimum Gasteiger partial charge on any atom is -0.481 e. The maximum absolute atomic E-state index is 11.5. The van der Waals surface area contributed by atoms with Crippen LogP contribution in [0.15, 0.2) is 0 Å². The fourth-order valence-electron chi connectivity index (χ4n) is 2.29. The first-order valence-electron chi connectivity index (χ1n) is 7.03. The predicted octanol–water partition coefficient (Wildman–Crippen LogP) is 1.02. The largest absolute Gasteiger partial charge is 0.481 e. The normalized spacial score (nSPS) is 19.3. The molecule has 1 aliphatic rings. The van der Waals surface area contributed by atoms with E-state index >= 15 is 0 Å². The smallest absolute Gasteiger partial charge is 0.314 e. The molecule has 110 valence electrons. The van der Waals surface area contributed by atoms with E-state index in [-0.39, 0.29) is 12.5 Å². The Bertz CT molecular complexity index is 297. The van der Waals surface area contributed by atoms with Crippen molar-refractivity contribution >= 4 is 12.0 Å². The number of carbonyl (C=O) groups excluding carboxylic acids is 1. The van der Waals surface area contributed by atoms with Crippen molar-refractivity contribution in [3.63, 3.8) is 0 Å².